The van der Waals surface area contributed by atoms with Crippen LogP contribution >= 0.6 is 0 Å². The van der Waals surface area contributed by atoms with Gasteiger partial charge in [0.05, 0.1) is 11.9 Å². The SMILES string of the molecule is C=CC(N)CC(C)(C)C.Cc1ccc(N)cn1. The van der Waals surface area contributed by atoms with E-state index in [9.17, 15) is 0 Å². The lowest BCUT2D eigenvalue weighted by Crippen LogP contribution is -2.23. The quantitative estimate of drug-likeness (QED) is 0.775. The van der Waals surface area contributed by atoms with E-state index in [0.717, 1.165) is 17.8 Å². The van der Waals surface area contributed by atoms with Gasteiger partial charge < -0.3 is 11.5 Å². The summed E-state index contributed by atoms with van der Waals surface area (Å²) in [6.45, 7) is 12.1. The fraction of sp³-hybridized carbons (Fsp3) is 0.500. The number of hydrogen-bond donors (Lipinski definition) is 2. The fourth-order valence-corrected chi connectivity index (χ4v) is 1.27. The van der Waals surface area contributed by atoms with E-state index in [4.69, 9.17) is 11.5 Å². The summed E-state index contributed by atoms with van der Waals surface area (Å²) in [7, 11) is 0. The van der Waals surface area contributed by atoms with Gasteiger partial charge in [-0.1, -0.05) is 26.8 Å². The van der Waals surface area contributed by atoms with Crippen molar-refractivity contribution >= 4 is 5.69 Å². The molecule has 0 saturated carbocycles. The van der Waals surface area contributed by atoms with Gasteiger partial charge in [-0.3, -0.25) is 4.98 Å². The van der Waals surface area contributed by atoms with Crippen molar-refractivity contribution in [2.24, 2.45) is 11.1 Å². The Balaban J connectivity index is 0.000000302. The molecule has 0 aliphatic rings. The molecule has 17 heavy (non-hydrogen) atoms. The third kappa shape index (κ3) is 9.57. The van der Waals surface area contributed by atoms with Gasteiger partial charge in [-0.25, -0.2) is 0 Å². The molecule has 3 nitrogen and oxygen atoms in total. The smallest absolute Gasteiger partial charge is 0.0500 e. The van der Waals surface area contributed by atoms with E-state index in [0.29, 0.717) is 5.41 Å². The van der Waals surface area contributed by atoms with Crippen molar-refractivity contribution in [2.45, 2.75) is 40.2 Å². The Morgan fingerprint density at radius 2 is 2.00 bits per heavy atom. The minimum atomic E-state index is 0.157. The van der Waals surface area contributed by atoms with E-state index in [1.807, 2.05) is 19.1 Å². The van der Waals surface area contributed by atoms with Crippen molar-refractivity contribution < 1.29 is 0 Å². The van der Waals surface area contributed by atoms with Gasteiger partial charge in [-0.15, -0.1) is 6.58 Å². The second-order valence-electron chi connectivity index (χ2n) is 5.40. The van der Waals surface area contributed by atoms with Crippen LogP contribution in [0.25, 0.3) is 0 Å². The van der Waals surface area contributed by atoms with Crippen LogP contribution in [-0.4, -0.2) is 11.0 Å². The van der Waals surface area contributed by atoms with Gasteiger partial charge in [0, 0.05) is 11.7 Å². The molecule has 1 atom stereocenters. The van der Waals surface area contributed by atoms with Gasteiger partial charge in [0.2, 0.25) is 0 Å². The highest BCUT2D eigenvalue weighted by atomic mass is 14.7. The monoisotopic (exact) mass is 235 g/mol. The molecular weight excluding hydrogens is 210 g/mol. The van der Waals surface area contributed by atoms with E-state index in [1.165, 1.54) is 0 Å². The third-order valence-corrected chi connectivity index (χ3v) is 2.09. The minimum absolute atomic E-state index is 0.157. The summed E-state index contributed by atoms with van der Waals surface area (Å²) in [5.41, 5.74) is 13.0. The predicted molar refractivity (Wildman–Crippen MR) is 75.6 cm³/mol. The largest absolute Gasteiger partial charge is 0.397 e. The number of nitrogens with two attached hydrogens (primary N) is 2. The summed E-state index contributed by atoms with van der Waals surface area (Å²) in [6.07, 6.45) is 4.46. The maximum atomic E-state index is 5.64. The lowest BCUT2D eigenvalue weighted by Gasteiger charge is -2.20. The van der Waals surface area contributed by atoms with Crippen LogP contribution in [0.2, 0.25) is 0 Å². The molecule has 1 aromatic rings. The Kier molecular flexibility index (Phi) is 6.51. The molecule has 0 spiro atoms. The minimum Gasteiger partial charge on any atom is -0.397 e. The lowest BCUT2D eigenvalue weighted by atomic mass is 9.88. The van der Waals surface area contributed by atoms with Crippen LogP contribution in [0.5, 0.6) is 0 Å². The van der Waals surface area contributed by atoms with Crippen LogP contribution in [0.15, 0.2) is 31.0 Å². The first-order chi connectivity index (χ1) is 7.74. The molecule has 0 saturated heterocycles. The highest BCUT2D eigenvalue weighted by Crippen LogP contribution is 2.19. The Bertz CT molecular complexity index is 301. The molecule has 1 rings (SSSR count). The van der Waals surface area contributed by atoms with Crippen molar-refractivity contribution in [1.29, 1.82) is 0 Å². The Morgan fingerprint density at radius 1 is 1.41 bits per heavy atom. The van der Waals surface area contributed by atoms with Crippen LogP contribution in [0.4, 0.5) is 5.69 Å². The number of pyridine rings is 1. The number of nitrogens with zero attached hydrogens (tertiary/aromatic N) is 1. The van der Waals surface area contributed by atoms with Gasteiger partial charge in [0.25, 0.3) is 0 Å². The molecule has 0 amide bonds. The van der Waals surface area contributed by atoms with Gasteiger partial charge in [0.15, 0.2) is 0 Å². The average Bonchev–Trinajstić information content (AvgIpc) is 2.21. The first-order valence-corrected chi connectivity index (χ1v) is 5.81. The van der Waals surface area contributed by atoms with Gasteiger partial charge in [-0.2, -0.15) is 0 Å². The average molecular weight is 235 g/mol. The zero-order chi connectivity index (χ0) is 13.5. The molecule has 0 bridgehead atoms. The normalized spacial score (nSPS) is 12.3. The highest BCUT2D eigenvalue weighted by Gasteiger charge is 2.12. The molecule has 0 aromatic carbocycles. The zero-order valence-corrected chi connectivity index (χ0v) is 11.4. The number of rotatable bonds is 2. The Labute approximate surface area is 105 Å². The predicted octanol–water partition coefficient (Wildman–Crippen LogP) is 2.91. The number of aryl methyl sites for hydroxylation is 1. The maximum Gasteiger partial charge on any atom is 0.0500 e. The summed E-state index contributed by atoms with van der Waals surface area (Å²) >= 11 is 0. The summed E-state index contributed by atoms with van der Waals surface area (Å²) in [4.78, 5) is 3.95. The Hall–Kier alpha value is -1.35. The topological polar surface area (TPSA) is 64.9 Å². The van der Waals surface area contributed by atoms with Crippen LogP contribution in [0, 0.1) is 12.3 Å². The van der Waals surface area contributed by atoms with Crippen molar-refractivity contribution in [3.63, 3.8) is 0 Å². The molecule has 1 aromatic heterocycles. The molecule has 3 heteroatoms. The van der Waals surface area contributed by atoms with Crippen LogP contribution in [-0.2, 0) is 0 Å². The summed E-state index contributed by atoms with van der Waals surface area (Å²) < 4.78 is 0. The molecule has 0 aliphatic heterocycles. The number of aromatic nitrogens is 1. The molecule has 4 N–H and O–H groups in total. The molecule has 0 aliphatic carbocycles. The maximum absolute atomic E-state index is 5.64. The van der Waals surface area contributed by atoms with E-state index < -0.39 is 0 Å². The van der Waals surface area contributed by atoms with Gasteiger partial charge in [-0.05, 0) is 30.9 Å². The second-order valence-corrected chi connectivity index (χ2v) is 5.40. The third-order valence-electron chi connectivity index (χ3n) is 2.09. The van der Waals surface area contributed by atoms with Crippen LogP contribution in [0.3, 0.4) is 0 Å². The number of anilines is 1. The molecule has 0 radical (unpaired) electrons. The first kappa shape index (κ1) is 15.7. The summed E-state index contributed by atoms with van der Waals surface area (Å²) in [5.74, 6) is 0. The number of nitrogen functional groups attached to an aromatic ring is 1. The lowest BCUT2D eigenvalue weighted by molar-refractivity contribution is 0.361. The van der Waals surface area contributed by atoms with Gasteiger partial charge in [0.1, 0.15) is 0 Å². The molecular formula is C14H25N3. The van der Waals surface area contributed by atoms with Gasteiger partial charge >= 0.3 is 0 Å². The van der Waals surface area contributed by atoms with Crippen LogP contribution < -0.4 is 11.5 Å². The highest BCUT2D eigenvalue weighted by molar-refractivity contribution is 5.34. The van der Waals surface area contributed by atoms with E-state index in [1.54, 1.807) is 12.3 Å². The standard InChI is InChI=1S/C8H17N.C6H8N2/c1-5-7(9)6-8(2,3)4;1-5-2-3-6(7)4-8-5/h5,7H,1,6,9H2,2-4H3;2-4H,7H2,1H3. The fourth-order valence-electron chi connectivity index (χ4n) is 1.27. The molecule has 96 valence electrons. The zero-order valence-electron chi connectivity index (χ0n) is 11.4. The second kappa shape index (κ2) is 7.07. The van der Waals surface area contributed by atoms with Crippen molar-refractivity contribution in [1.82, 2.24) is 4.98 Å². The summed E-state index contributed by atoms with van der Waals surface area (Å²) in [6, 6.07) is 3.88. The molecule has 0 fully saturated rings. The van der Waals surface area contributed by atoms with E-state index in [2.05, 4.69) is 32.3 Å². The van der Waals surface area contributed by atoms with E-state index >= 15 is 0 Å². The Morgan fingerprint density at radius 3 is 2.24 bits per heavy atom. The van der Waals surface area contributed by atoms with Crippen molar-refractivity contribution in [3.05, 3.63) is 36.7 Å². The van der Waals surface area contributed by atoms with Crippen LogP contribution in [0.1, 0.15) is 32.9 Å². The van der Waals surface area contributed by atoms with E-state index in [-0.39, 0.29) is 6.04 Å². The number of hydrogen-bond acceptors (Lipinski definition) is 3. The van der Waals surface area contributed by atoms with Crippen molar-refractivity contribution in [2.75, 3.05) is 5.73 Å². The van der Waals surface area contributed by atoms with Crippen molar-refractivity contribution in [3.8, 4) is 0 Å². The summed E-state index contributed by atoms with van der Waals surface area (Å²) in [5, 5.41) is 0. The molecule has 1 unspecified atom stereocenters. The first-order valence-electron chi connectivity index (χ1n) is 5.81. The molecule has 1 heterocycles.